The molecule has 0 aliphatic carbocycles. The van der Waals surface area contributed by atoms with Crippen molar-refractivity contribution in [2.45, 2.75) is 198 Å². The van der Waals surface area contributed by atoms with Crippen LogP contribution in [-0.4, -0.2) is 196 Å². The van der Waals surface area contributed by atoms with Gasteiger partial charge in [-0.1, -0.05) is 114 Å². The summed E-state index contributed by atoms with van der Waals surface area (Å²) in [5.41, 5.74) is 20.1. The van der Waals surface area contributed by atoms with Crippen molar-refractivity contribution < 1.29 is 87.5 Å². The number of rotatable bonds is 45. The number of carbonyl (C=O) groups is 14. The number of unbranched alkanes of at least 4 members (excludes halogenated alkanes) is 1. The number of benzene rings is 3. The summed E-state index contributed by atoms with van der Waals surface area (Å²) >= 11 is 0. The number of primary amides is 1. The molecule has 0 bridgehead atoms. The molecular weight excluding hydrogens is 1400 g/mol. The molecule has 0 unspecified atom stereocenters. The van der Waals surface area contributed by atoms with Crippen LogP contribution in [0.15, 0.2) is 110 Å². The first kappa shape index (κ1) is 88.8. The Balaban J connectivity index is 0.00000600. The van der Waals surface area contributed by atoms with Gasteiger partial charge in [0.15, 0.2) is 0 Å². The Hall–Kier alpha value is -11.6. The molecule has 35 nitrogen and oxygen atoms in total. The molecule has 0 aliphatic heterocycles. The zero-order valence-corrected chi connectivity index (χ0v) is 61.5. The Morgan fingerprint density at radius 1 is 0.426 bits per heavy atom. The van der Waals surface area contributed by atoms with Crippen LogP contribution < -0.4 is 70.4 Å². The Kier molecular flexibility index (Phi) is 37.5. The van der Waals surface area contributed by atoms with Gasteiger partial charge in [-0.15, -0.1) is 0 Å². The number of aromatic hydroxyl groups is 1. The fraction of sp³-hybridized carbons (Fsp3) is 0.479. The van der Waals surface area contributed by atoms with Crippen molar-refractivity contribution in [3.05, 3.63) is 138 Å². The molecule has 3 aromatic carbocycles. The van der Waals surface area contributed by atoms with Crippen LogP contribution in [-0.2, 0) is 99.2 Å². The second kappa shape index (κ2) is 45.7. The number of hydrogen-bond donors (Lipinski definition) is 19. The smallest absolute Gasteiger partial charge is 0.326 e. The topological polar surface area (TPSA) is 576 Å². The summed E-state index contributed by atoms with van der Waals surface area (Å²) < 4.78 is 0. The third-order valence-electron chi connectivity index (χ3n) is 16.8. The van der Waals surface area contributed by atoms with Crippen molar-refractivity contribution in [1.29, 1.82) is 0 Å². The average Bonchev–Trinajstić information content (AvgIpc) is 0.951. The molecule has 588 valence electrons. The second-order valence-corrected chi connectivity index (χ2v) is 27.1. The van der Waals surface area contributed by atoms with Gasteiger partial charge in [-0.2, -0.15) is 0 Å². The molecule has 5 rings (SSSR count). The monoisotopic (exact) mass is 1510 g/mol. The first-order chi connectivity index (χ1) is 51.1. The standard InChI is InChI=1S/C71H99N17O16.C2H4O2/c1-39(2)29-52(68(100)88-60(41(5)6)69(101)84-53(31-42-15-9-7-10-16-42)65(97)86-56(71(103)104)32-43-17-11-8-12-18-43)82-62(94)49(19-13-14-28-72)80-63(95)50(24-26-57(74)90)81-66(98)54(33-45-35-75-37-77-45)83-67(99)55(34-46-36-76-38-78-46)85-70(102)59(40(3)4)87-64(96)51(25-27-58(91)92)79-61(93)48(73)30-44-20-22-47(89)23-21-44;1-2(3)4/h7-12,15-18,20-23,35-41,48-56,59-60,89H,13-14,19,24-34,72-73H2,1-6H3,(H2,74,90)(H,75,77)(H,76,78)(H,79,93)(H,80,95)(H,81,98)(H,82,94)(H,83,99)(H,84,101)(H,85,102)(H,86,97)(H,87,96)(H,88,100)(H,91,92)(H,103,104);1H3,(H,3,4)/t48-,49-,50-,51-,52-,53-,54-,55-,56-,59-,60-;/m0./s1. The Morgan fingerprint density at radius 3 is 1.19 bits per heavy atom. The lowest BCUT2D eigenvalue weighted by molar-refractivity contribution is -0.142. The molecule has 2 heterocycles. The largest absolute Gasteiger partial charge is 0.508 e. The minimum atomic E-state index is -1.65. The van der Waals surface area contributed by atoms with Crippen molar-refractivity contribution in [1.82, 2.24) is 73.1 Å². The summed E-state index contributed by atoms with van der Waals surface area (Å²) in [6.45, 7) is 11.2. The Labute approximate surface area is 624 Å². The molecule has 11 atom stereocenters. The minimum absolute atomic E-state index is 0.00518. The third kappa shape index (κ3) is 32.4. The van der Waals surface area contributed by atoms with Crippen LogP contribution in [0.1, 0.15) is 128 Å². The first-order valence-electron chi connectivity index (χ1n) is 35.4. The molecule has 11 amide bonds. The van der Waals surface area contributed by atoms with Gasteiger partial charge in [0.25, 0.3) is 5.97 Å². The predicted molar refractivity (Wildman–Crippen MR) is 392 cm³/mol. The van der Waals surface area contributed by atoms with Gasteiger partial charge < -0.3 is 101 Å². The molecule has 0 fully saturated rings. The fourth-order valence-electron chi connectivity index (χ4n) is 11.0. The maximum absolute atomic E-state index is 14.8. The molecule has 108 heavy (non-hydrogen) atoms. The lowest BCUT2D eigenvalue weighted by Gasteiger charge is -2.29. The number of nitrogens with zero attached hydrogens (tertiary/aromatic N) is 2. The molecule has 35 heteroatoms. The fourth-order valence-corrected chi connectivity index (χ4v) is 11.0. The van der Waals surface area contributed by atoms with Crippen LogP contribution in [0.4, 0.5) is 0 Å². The van der Waals surface area contributed by atoms with Gasteiger partial charge in [0.2, 0.25) is 65.0 Å². The van der Waals surface area contributed by atoms with Crippen molar-refractivity contribution in [3.63, 3.8) is 0 Å². The number of carboxylic acid groups (broad SMARTS) is 3. The van der Waals surface area contributed by atoms with E-state index in [0.29, 0.717) is 34.5 Å². The van der Waals surface area contributed by atoms with Gasteiger partial charge in [-0.3, -0.25) is 62.3 Å². The van der Waals surface area contributed by atoms with Crippen molar-refractivity contribution in [2.24, 2.45) is 35.0 Å². The van der Waals surface area contributed by atoms with E-state index in [1.807, 2.05) is 0 Å². The summed E-state index contributed by atoms with van der Waals surface area (Å²) in [7, 11) is 0. The highest BCUT2D eigenvalue weighted by Crippen LogP contribution is 2.17. The van der Waals surface area contributed by atoms with E-state index >= 15 is 0 Å². The molecule has 0 saturated heterocycles. The van der Waals surface area contributed by atoms with E-state index in [1.54, 1.807) is 114 Å². The molecule has 0 radical (unpaired) electrons. The highest BCUT2D eigenvalue weighted by atomic mass is 16.4. The van der Waals surface area contributed by atoms with Crippen LogP contribution >= 0.6 is 0 Å². The second-order valence-electron chi connectivity index (χ2n) is 27.1. The number of H-pyrrole nitrogens is 2. The quantitative estimate of drug-likeness (QED) is 0.0215. The van der Waals surface area contributed by atoms with Gasteiger partial charge in [0.1, 0.15) is 66.2 Å². The normalized spacial score (nSPS) is 14.1. The third-order valence-corrected chi connectivity index (χ3v) is 16.8. The number of nitrogens with one attached hydrogen (secondary N) is 12. The van der Waals surface area contributed by atoms with Crippen LogP contribution in [0.3, 0.4) is 0 Å². The molecule has 2 aromatic heterocycles. The summed E-state index contributed by atoms with van der Waals surface area (Å²) in [5.74, 6) is -15.0. The number of aromatic nitrogens is 4. The lowest BCUT2D eigenvalue weighted by Crippen LogP contribution is -2.62. The number of phenolic OH excluding ortho intramolecular Hbond substituents is 1. The van der Waals surface area contributed by atoms with Crippen LogP contribution in [0.25, 0.3) is 0 Å². The number of amides is 11. The summed E-state index contributed by atoms with van der Waals surface area (Å²) in [6.07, 6.45) is 3.19. The predicted octanol–water partition coefficient (Wildman–Crippen LogP) is -0.680. The number of aromatic amines is 2. The van der Waals surface area contributed by atoms with Crippen molar-refractivity contribution >= 4 is 82.9 Å². The molecule has 0 spiro atoms. The van der Waals surface area contributed by atoms with Crippen LogP contribution in [0, 0.1) is 17.8 Å². The number of aliphatic carboxylic acids is 3. The number of hydrogen-bond acceptors (Lipinski definition) is 19. The molecule has 0 saturated carbocycles. The number of phenols is 1. The minimum Gasteiger partial charge on any atom is -0.508 e. The van der Waals surface area contributed by atoms with Gasteiger partial charge >= 0.3 is 11.9 Å². The van der Waals surface area contributed by atoms with Gasteiger partial charge in [-0.25, -0.2) is 14.8 Å². The van der Waals surface area contributed by atoms with E-state index in [2.05, 4.69) is 73.1 Å². The Bertz CT molecular complexity index is 3750. The van der Waals surface area contributed by atoms with Gasteiger partial charge in [-0.05, 0) is 98.1 Å². The summed E-state index contributed by atoms with van der Waals surface area (Å²) in [4.78, 5) is 203. The Morgan fingerprint density at radius 2 is 0.787 bits per heavy atom. The number of nitrogens with two attached hydrogens (primary N) is 3. The first-order valence-corrected chi connectivity index (χ1v) is 35.4. The van der Waals surface area contributed by atoms with E-state index in [1.165, 1.54) is 37.2 Å². The van der Waals surface area contributed by atoms with Gasteiger partial charge in [0.05, 0.1) is 18.7 Å². The van der Waals surface area contributed by atoms with E-state index in [0.717, 1.165) is 6.92 Å². The average molecular weight is 1510 g/mol. The maximum atomic E-state index is 14.8. The summed E-state index contributed by atoms with van der Waals surface area (Å²) in [6, 6.07) is 7.35. The zero-order chi connectivity index (χ0) is 80.2. The maximum Gasteiger partial charge on any atom is 0.326 e. The number of imidazole rings is 2. The van der Waals surface area contributed by atoms with Gasteiger partial charge in [0, 0.05) is 69.2 Å². The molecular formula is C73H103N17O18. The van der Waals surface area contributed by atoms with Crippen LogP contribution in [0.5, 0.6) is 5.75 Å². The van der Waals surface area contributed by atoms with E-state index in [-0.39, 0.29) is 69.6 Å². The van der Waals surface area contributed by atoms with E-state index in [9.17, 15) is 77.6 Å². The van der Waals surface area contributed by atoms with E-state index < -0.39 is 187 Å². The SMILES string of the molecule is CC(=O)O.CC(C)C[C@H](NC(=O)[C@H](CCCCN)NC(=O)[C@H](CCC(N)=O)NC(=O)[C@H](Cc1cnc[nH]1)NC(=O)[C@H](Cc1cnc[nH]1)NC(=O)[C@@H](NC(=O)[C@H](CCC(=O)O)NC(=O)[C@@H](N)Cc1ccc(O)cc1)C(C)C)C(=O)N[C@H](C(=O)N[C@@H](Cc1ccccc1)C(=O)N[C@@H](Cc1ccccc1)C(=O)O)C(C)C. The summed E-state index contributed by atoms with van der Waals surface area (Å²) in [5, 5.41) is 63.1. The number of carbonyl (C=O) groups excluding carboxylic acids is 11. The highest BCUT2D eigenvalue weighted by molar-refractivity contribution is 5.99. The van der Waals surface area contributed by atoms with Crippen molar-refractivity contribution in [2.75, 3.05) is 6.54 Å². The van der Waals surface area contributed by atoms with Crippen molar-refractivity contribution in [3.8, 4) is 5.75 Å². The molecule has 22 N–H and O–H groups in total. The molecule has 5 aromatic rings. The van der Waals surface area contributed by atoms with E-state index in [4.69, 9.17) is 27.1 Å². The zero-order valence-electron chi connectivity index (χ0n) is 61.5. The number of carboxylic acids is 3. The lowest BCUT2D eigenvalue weighted by atomic mass is 9.98. The molecule has 0 aliphatic rings. The van der Waals surface area contributed by atoms with Crippen LogP contribution in [0.2, 0.25) is 0 Å². The highest BCUT2D eigenvalue weighted by Gasteiger charge is 2.38.